The summed E-state index contributed by atoms with van der Waals surface area (Å²) in [5.74, 6) is 0.744. The molecule has 0 radical (unpaired) electrons. The molecule has 1 spiro atoms. The third-order valence-corrected chi connectivity index (χ3v) is 6.81. The average Bonchev–Trinajstić information content (AvgIpc) is 2.91. The van der Waals surface area contributed by atoms with Crippen molar-refractivity contribution in [2.24, 2.45) is 0 Å². The molecule has 3 aliphatic heterocycles. The molecule has 3 atom stereocenters. The number of methoxy groups -OCH3 is 1. The number of carbonyl (C=O) groups is 3. The molecule has 168 valence electrons. The number of piperidine rings is 1. The zero-order valence-electron chi connectivity index (χ0n) is 18.5. The Kier molecular flexibility index (Phi) is 5.81. The van der Waals surface area contributed by atoms with Crippen LogP contribution in [-0.4, -0.2) is 65.5 Å². The minimum Gasteiger partial charge on any atom is -0.497 e. The van der Waals surface area contributed by atoms with Crippen molar-refractivity contribution in [3.8, 4) is 11.5 Å². The van der Waals surface area contributed by atoms with E-state index in [1.165, 1.54) is 0 Å². The van der Waals surface area contributed by atoms with E-state index in [0.29, 0.717) is 36.4 Å². The zero-order chi connectivity index (χ0) is 22.2. The van der Waals surface area contributed by atoms with Crippen LogP contribution in [-0.2, 0) is 9.59 Å². The van der Waals surface area contributed by atoms with Crippen molar-refractivity contribution in [2.45, 2.75) is 70.2 Å². The number of carbonyl (C=O) groups excluding carboxylic acids is 3. The number of fused-ring (bicyclic) bond motifs is 1. The number of nitrogens with zero attached hydrogens (tertiary/aromatic N) is 2. The van der Waals surface area contributed by atoms with Crippen LogP contribution in [0.2, 0.25) is 0 Å². The van der Waals surface area contributed by atoms with Gasteiger partial charge in [0.25, 0.3) is 5.91 Å². The summed E-state index contributed by atoms with van der Waals surface area (Å²) in [5.41, 5.74) is -0.524. The predicted octanol–water partition coefficient (Wildman–Crippen LogP) is 2.32. The molecule has 3 aliphatic rings. The molecule has 3 amide bonds. The summed E-state index contributed by atoms with van der Waals surface area (Å²) in [6, 6.07) is 4.75. The highest BCUT2D eigenvalue weighted by Gasteiger charge is 2.44. The van der Waals surface area contributed by atoms with Gasteiger partial charge in [-0.2, -0.15) is 0 Å². The first-order valence-electron chi connectivity index (χ1n) is 11.1. The molecule has 8 heteroatoms. The standard InChI is InChI=1S/C23H31N3O5/c1-15-6-4-5-12-25(15)22(29)16(2)26-13-11-23(10-9-20(26)27)24-21(28)18-8-7-17(30-3)14-19(18)31-23/h7-8,14-16H,4-6,9-13H2,1-3H3,(H,24,28)/t15-,16-,23+/m1/s1. The lowest BCUT2D eigenvalue weighted by atomic mass is 10.00. The van der Waals surface area contributed by atoms with Gasteiger partial charge >= 0.3 is 0 Å². The molecule has 2 fully saturated rings. The Morgan fingerprint density at radius 3 is 2.81 bits per heavy atom. The molecular weight excluding hydrogens is 398 g/mol. The Bertz CT molecular complexity index is 888. The Hall–Kier alpha value is -2.77. The molecule has 3 heterocycles. The highest BCUT2D eigenvalue weighted by Crippen LogP contribution is 2.36. The third kappa shape index (κ3) is 4.07. The van der Waals surface area contributed by atoms with E-state index >= 15 is 0 Å². The van der Waals surface area contributed by atoms with E-state index in [1.54, 1.807) is 37.1 Å². The normalized spacial score (nSPS) is 27.1. The second-order valence-corrected chi connectivity index (χ2v) is 8.80. The monoisotopic (exact) mass is 429 g/mol. The second kappa shape index (κ2) is 8.40. The molecule has 0 aromatic heterocycles. The van der Waals surface area contributed by atoms with Gasteiger partial charge in [-0.05, 0) is 45.2 Å². The summed E-state index contributed by atoms with van der Waals surface area (Å²) in [4.78, 5) is 42.4. The molecule has 31 heavy (non-hydrogen) atoms. The van der Waals surface area contributed by atoms with Crippen molar-refractivity contribution in [2.75, 3.05) is 20.2 Å². The fraction of sp³-hybridized carbons (Fsp3) is 0.609. The van der Waals surface area contributed by atoms with Crippen LogP contribution in [0.4, 0.5) is 0 Å². The number of rotatable bonds is 3. The maximum absolute atomic E-state index is 13.1. The smallest absolute Gasteiger partial charge is 0.258 e. The maximum atomic E-state index is 13.1. The molecule has 0 bridgehead atoms. The van der Waals surface area contributed by atoms with Crippen molar-refractivity contribution in [3.05, 3.63) is 23.8 Å². The lowest BCUT2D eigenvalue weighted by Crippen LogP contribution is -2.57. The van der Waals surface area contributed by atoms with Crippen LogP contribution in [0, 0.1) is 0 Å². The molecule has 4 rings (SSSR count). The number of nitrogens with one attached hydrogen (secondary N) is 1. The van der Waals surface area contributed by atoms with Crippen molar-refractivity contribution < 1.29 is 23.9 Å². The van der Waals surface area contributed by atoms with E-state index in [0.717, 1.165) is 25.8 Å². The van der Waals surface area contributed by atoms with Crippen molar-refractivity contribution in [1.82, 2.24) is 15.1 Å². The van der Waals surface area contributed by atoms with Gasteiger partial charge in [-0.3, -0.25) is 14.4 Å². The van der Waals surface area contributed by atoms with Gasteiger partial charge in [0.05, 0.1) is 12.7 Å². The third-order valence-electron chi connectivity index (χ3n) is 6.81. The number of amides is 3. The number of likely N-dealkylation sites (tertiary alicyclic amines) is 2. The Morgan fingerprint density at radius 2 is 2.06 bits per heavy atom. The first-order valence-corrected chi connectivity index (χ1v) is 11.1. The lowest BCUT2D eigenvalue weighted by Gasteiger charge is -2.39. The van der Waals surface area contributed by atoms with Crippen LogP contribution in [0.15, 0.2) is 18.2 Å². The summed E-state index contributed by atoms with van der Waals surface area (Å²) in [5, 5.41) is 2.97. The molecular formula is C23H31N3O5. The number of benzene rings is 1. The van der Waals surface area contributed by atoms with Crippen LogP contribution in [0.3, 0.4) is 0 Å². The van der Waals surface area contributed by atoms with E-state index < -0.39 is 11.8 Å². The second-order valence-electron chi connectivity index (χ2n) is 8.80. The Balaban J connectivity index is 1.51. The Morgan fingerprint density at radius 1 is 1.26 bits per heavy atom. The van der Waals surface area contributed by atoms with Gasteiger partial charge in [0, 0.05) is 44.5 Å². The number of hydrogen-bond acceptors (Lipinski definition) is 5. The van der Waals surface area contributed by atoms with Crippen LogP contribution >= 0.6 is 0 Å². The highest BCUT2D eigenvalue weighted by atomic mass is 16.5. The minimum absolute atomic E-state index is 0.000167. The molecule has 1 aromatic rings. The molecule has 8 nitrogen and oxygen atoms in total. The number of hydrogen-bond donors (Lipinski definition) is 1. The van der Waals surface area contributed by atoms with Crippen molar-refractivity contribution in [3.63, 3.8) is 0 Å². The maximum Gasteiger partial charge on any atom is 0.258 e. The van der Waals surface area contributed by atoms with Gasteiger partial charge in [0.1, 0.15) is 17.5 Å². The first kappa shape index (κ1) is 21.5. The molecule has 2 saturated heterocycles. The van der Waals surface area contributed by atoms with Crippen LogP contribution in [0.5, 0.6) is 11.5 Å². The van der Waals surface area contributed by atoms with Crippen LogP contribution < -0.4 is 14.8 Å². The molecule has 0 saturated carbocycles. The molecule has 0 aliphatic carbocycles. The Labute approximate surface area is 182 Å². The summed E-state index contributed by atoms with van der Waals surface area (Å²) in [7, 11) is 1.56. The molecule has 1 aromatic carbocycles. The first-order chi connectivity index (χ1) is 14.8. The predicted molar refractivity (Wildman–Crippen MR) is 114 cm³/mol. The van der Waals surface area contributed by atoms with Crippen LogP contribution in [0.1, 0.15) is 62.7 Å². The largest absolute Gasteiger partial charge is 0.497 e. The minimum atomic E-state index is -0.970. The van der Waals surface area contributed by atoms with Crippen molar-refractivity contribution >= 4 is 17.7 Å². The summed E-state index contributed by atoms with van der Waals surface area (Å²) < 4.78 is 11.5. The van der Waals surface area contributed by atoms with Crippen molar-refractivity contribution in [1.29, 1.82) is 0 Å². The van der Waals surface area contributed by atoms with Gasteiger partial charge in [-0.25, -0.2) is 0 Å². The van der Waals surface area contributed by atoms with Gasteiger partial charge in [-0.1, -0.05) is 0 Å². The number of ether oxygens (including phenoxy) is 2. The molecule has 1 N–H and O–H groups in total. The van der Waals surface area contributed by atoms with E-state index in [-0.39, 0.29) is 30.2 Å². The fourth-order valence-electron chi connectivity index (χ4n) is 4.85. The lowest BCUT2D eigenvalue weighted by molar-refractivity contribution is -0.147. The van der Waals surface area contributed by atoms with E-state index in [4.69, 9.17) is 9.47 Å². The van der Waals surface area contributed by atoms with E-state index in [2.05, 4.69) is 12.2 Å². The summed E-state index contributed by atoms with van der Waals surface area (Å²) >= 11 is 0. The van der Waals surface area contributed by atoms with E-state index in [1.807, 2.05) is 4.90 Å². The topological polar surface area (TPSA) is 88.2 Å². The summed E-state index contributed by atoms with van der Waals surface area (Å²) in [6.45, 7) is 4.96. The van der Waals surface area contributed by atoms with Gasteiger partial charge in [0.15, 0.2) is 5.72 Å². The zero-order valence-corrected chi connectivity index (χ0v) is 18.5. The van der Waals surface area contributed by atoms with Gasteiger partial charge in [-0.15, -0.1) is 0 Å². The molecule has 0 unspecified atom stereocenters. The summed E-state index contributed by atoms with van der Waals surface area (Å²) in [6.07, 6.45) is 4.10. The average molecular weight is 430 g/mol. The SMILES string of the molecule is COc1ccc2c(c1)O[C@]1(CCC(=O)N([C@H](C)C(=O)N3CCCC[C@H]3C)CC1)NC2=O. The fourth-order valence-corrected chi connectivity index (χ4v) is 4.85. The van der Waals surface area contributed by atoms with E-state index in [9.17, 15) is 14.4 Å². The van der Waals surface area contributed by atoms with Gasteiger partial charge in [0.2, 0.25) is 11.8 Å². The van der Waals surface area contributed by atoms with Crippen LogP contribution in [0.25, 0.3) is 0 Å². The quantitative estimate of drug-likeness (QED) is 0.797. The van der Waals surface area contributed by atoms with Gasteiger partial charge < -0.3 is 24.6 Å². The highest BCUT2D eigenvalue weighted by molar-refractivity contribution is 5.98.